The molecule has 0 saturated carbocycles. The largest absolute Gasteiger partial charge is 0.490 e. The van der Waals surface area contributed by atoms with Crippen molar-refractivity contribution in [3.05, 3.63) is 53.2 Å². The normalized spacial score (nSPS) is 12.0. The molecule has 4 nitrogen and oxygen atoms in total. The van der Waals surface area contributed by atoms with Gasteiger partial charge in [-0.25, -0.2) is 4.98 Å². The van der Waals surface area contributed by atoms with Crippen molar-refractivity contribution in [1.82, 2.24) is 4.98 Å². The van der Waals surface area contributed by atoms with Crippen LogP contribution in [0.3, 0.4) is 0 Å². The second-order valence-electron chi connectivity index (χ2n) is 5.17. The highest BCUT2D eigenvalue weighted by molar-refractivity contribution is 5.42. The molecule has 0 aliphatic rings. The zero-order valence-corrected chi connectivity index (χ0v) is 12.7. The Labute approximate surface area is 125 Å². The summed E-state index contributed by atoms with van der Waals surface area (Å²) in [4.78, 5) is 4.03. The van der Waals surface area contributed by atoms with Crippen molar-refractivity contribution in [1.29, 1.82) is 0 Å². The highest BCUT2D eigenvalue weighted by Crippen LogP contribution is 2.24. The maximum Gasteiger partial charge on any atom is 0.213 e. The number of hydrogen-bond acceptors (Lipinski definition) is 4. The predicted molar refractivity (Wildman–Crippen MR) is 81.9 cm³/mol. The lowest BCUT2D eigenvalue weighted by atomic mass is 10.1. The number of hydrogen-bond donors (Lipinski definition) is 1. The summed E-state index contributed by atoms with van der Waals surface area (Å²) >= 11 is 0. The van der Waals surface area contributed by atoms with Crippen molar-refractivity contribution < 1.29 is 14.6 Å². The molecule has 0 amide bonds. The molecule has 0 aliphatic carbocycles. The van der Waals surface area contributed by atoms with Gasteiger partial charge in [-0.15, -0.1) is 0 Å². The first-order chi connectivity index (χ1) is 10.1. The molecule has 1 atom stereocenters. The van der Waals surface area contributed by atoms with Crippen LogP contribution in [0.15, 0.2) is 36.5 Å². The number of aromatic nitrogens is 1. The van der Waals surface area contributed by atoms with Crippen LogP contribution in [-0.4, -0.2) is 29.4 Å². The number of nitrogens with zero attached hydrogens (tertiary/aromatic N) is 1. The molecule has 0 saturated heterocycles. The van der Waals surface area contributed by atoms with Crippen LogP contribution < -0.4 is 9.47 Å². The lowest BCUT2D eigenvalue weighted by molar-refractivity contribution is 0.0605. The highest BCUT2D eigenvalue weighted by atomic mass is 16.5. The number of aliphatic hydroxyl groups excluding tert-OH is 1. The van der Waals surface area contributed by atoms with Gasteiger partial charge >= 0.3 is 0 Å². The standard InChI is InChI=1S/C17H21NO3/c1-12-8-13(2)17(14(3)9-12)21-11-15(19)10-20-16-6-4-5-7-18-16/h4-9,15,19H,10-11H2,1-3H3. The second kappa shape index (κ2) is 7.09. The number of pyridine rings is 1. The summed E-state index contributed by atoms with van der Waals surface area (Å²) in [5, 5.41) is 9.93. The number of aliphatic hydroxyl groups is 1. The van der Waals surface area contributed by atoms with E-state index in [1.807, 2.05) is 26.0 Å². The molecule has 2 rings (SSSR count). The Kier molecular flexibility index (Phi) is 5.17. The van der Waals surface area contributed by atoms with E-state index < -0.39 is 6.10 Å². The summed E-state index contributed by atoms with van der Waals surface area (Å²) in [6.07, 6.45) is 0.948. The van der Waals surface area contributed by atoms with E-state index in [-0.39, 0.29) is 13.2 Å². The van der Waals surface area contributed by atoms with Gasteiger partial charge in [0.2, 0.25) is 5.88 Å². The summed E-state index contributed by atoms with van der Waals surface area (Å²) in [6.45, 7) is 6.41. The fraction of sp³-hybridized carbons (Fsp3) is 0.353. The molecule has 4 heteroatoms. The van der Waals surface area contributed by atoms with E-state index in [1.165, 1.54) is 5.56 Å². The van der Waals surface area contributed by atoms with Crippen molar-refractivity contribution in [2.24, 2.45) is 0 Å². The van der Waals surface area contributed by atoms with Crippen molar-refractivity contribution in [2.75, 3.05) is 13.2 Å². The Morgan fingerprint density at radius 1 is 1.05 bits per heavy atom. The van der Waals surface area contributed by atoms with Crippen LogP contribution >= 0.6 is 0 Å². The topological polar surface area (TPSA) is 51.6 Å². The van der Waals surface area contributed by atoms with Crippen LogP contribution in [-0.2, 0) is 0 Å². The van der Waals surface area contributed by atoms with Crippen LogP contribution in [0.4, 0.5) is 0 Å². The third kappa shape index (κ3) is 4.46. The molecule has 112 valence electrons. The first-order valence-corrected chi connectivity index (χ1v) is 6.99. The molecule has 1 aromatic carbocycles. The smallest absolute Gasteiger partial charge is 0.213 e. The molecular formula is C17H21NO3. The van der Waals surface area contributed by atoms with Crippen molar-refractivity contribution >= 4 is 0 Å². The fourth-order valence-electron chi connectivity index (χ4n) is 2.24. The molecular weight excluding hydrogens is 266 g/mol. The van der Waals surface area contributed by atoms with E-state index in [1.54, 1.807) is 12.3 Å². The van der Waals surface area contributed by atoms with E-state index in [0.717, 1.165) is 16.9 Å². The molecule has 1 N–H and O–H groups in total. The SMILES string of the molecule is Cc1cc(C)c(OCC(O)COc2ccccn2)c(C)c1. The second-order valence-corrected chi connectivity index (χ2v) is 5.17. The first kappa shape index (κ1) is 15.3. The molecule has 21 heavy (non-hydrogen) atoms. The first-order valence-electron chi connectivity index (χ1n) is 6.99. The van der Waals surface area contributed by atoms with Gasteiger partial charge in [0.25, 0.3) is 0 Å². The van der Waals surface area contributed by atoms with Gasteiger partial charge in [-0.3, -0.25) is 0 Å². The summed E-state index contributed by atoms with van der Waals surface area (Å²) in [5.41, 5.74) is 3.35. The Hall–Kier alpha value is -2.07. The monoisotopic (exact) mass is 287 g/mol. The van der Waals surface area contributed by atoms with Gasteiger partial charge in [-0.1, -0.05) is 23.8 Å². The zero-order chi connectivity index (χ0) is 15.2. The molecule has 0 spiro atoms. The zero-order valence-electron chi connectivity index (χ0n) is 12.7. The van der Waals surface area contributed by atoms with Crippen LogP contribution in [0.5, 0.6) is 11.6 Å². The molecule has 0 bridgehead atoms. The fourth-order valence-corrected chi connectivity index (χ4v) is 2.24. The molecule has 1 aromatic heterocycles. The van der Waals surface area contributed by atoms with Crippen molar-refractivity contribution in [3.8, 4) is 11.6 Å². The highest BCUT2D eigenvalue weighted by Gasteiger charge is 2.10. The molecule has 0 radical (unpaired) electrons. The maximum atomic E-state index is 9.93. The van der Waals surface area contributed by atoms with Gasteiger partial charge in [0.1, 0.15) is 25.1 Å². The third-order valence-electron chi connectivity index (χ3n) is 3.09. The summed E-state index contributed by atoms with van der Waals surface area (Å²) in [6, 6.07) is 9.54. The molecule has 1 heterocycles. The molecule has 0 fully saturated rings. The molecule has 1 unspecified atom stereocenters. The van der Waals surface area contributed by atoms with Gasteiger partial charge in [0.15, 0.2) is 0 Å². The number of rotatable bonds is 6. The minimum absolute atomic E-state index is 0.154. The van der Waals surface area contributed by atoms with Crippen molar-refractivity contribution in [2.45, 2.75) is 26.9 Å². The number of aryl methyl sites for hydroxylation is 3. The van der Waals surface area contributed by atoms with Gasteiger partial charge < -0.3 is 14.6 Å². The average molecular weight is 287 g/mol. The third-order valence-corrected chi connectivity index (χ3v) is 3.09. The average Bonchev–Trinajstić information content (AvgIpc) is 2.45. The van der Waals surface area contributed by atoms with E-state index in [9.17, 15) is 5.11 Å². The van der Waals surface area contributed by atoms with Crippen LogP contribution in [0.25, 0.3) is 0 Å². The lowest BCUT2D eigenvalue weighted by Gasteiger charge is -2.16. The Morgan fingerprint density at radius 3 is 2.33 bits per heavy atom. The number of ether oxygens (including phenoxy) is 2. The molecule has 2 aromatic rings. The Bertz CT molecular complexity index is 561. The molecule has 0 aliphatic heterocycles. The van der Waals surface area contributed by atoms with Gasteiger partial charge in [0.05, 0.1) is 0 Å². The predicted octanol–water partition coefficient (Wildman–Crippen LogP) is 2.83. The Morgan fingerprint density at radius 2 is 1.71 bits per heavy atom. The summed E-state index contributed by atoms with van der Waals surface area (Å²) < 4.78 is 11.1. The van der Waals surface area contributed by atoms with Crippen LogP contribution in [0, 0.1) is 20.8 Å². The van der Waals surface area contributed by atoms with E-state index >= 15 is 0 Å². The van der Waals surface area contributed by atoms with Crippen LogP contribution in [0.1, 0.15) is 16.7 Å². The van der Waals surface area contributed by atoms with Crippen LogP contribution in [0.2, 0.25) is 0 Å². The van der Waals surface area contributed by atoms with Crippen molar-refractivity contribution in [3.63, 3.8) is 0 Å². The summed E-state index contributed by atoms with van der Waals surface area (Å²) in [7, 11) is 0. The van der Waals surface area contributed by atoms with Gasteiger partial charge in [-0.05, 0) is 38.0 Å². The summed E-state index contributed by atoms with van der Waals surface area (Å²) in [5.74, 6) is 1.33. The minimum Gasteiger partial charge on any atom is -0.490 e. The van der Waals surface area contributed by atoms with Gasteiger partial charge in [0, 0.05) is 12.3 Å². The maximum absolute atomic E-state index is 9.93. The quantitative estimate of drug-likeness (QED) is 0.887. The lowest BCUT2D eigenvalue weighted by Crippen LogP contribution is -2.25. The number of benzene rings is 1. The Balaban J connectivity index is 1.85. The van der Waals surface area contributed by atoms with E-state index in [4.69, 9.17) is 9.47 Å². The van der Waals surface area contributed by atoms with E-state index in [0.29, 0.717) is 5.88 Å². The van der Waals surface area contributed by atoms with E-state index in [2.05, 4.69) is 24.0 Å². The minimum atomic E-state index is -0.702. The van der Waals surface area contributed by atoms with Gasteiger partial charge in [-0.2, -0.15) is 0 Å².